The van der Waals surface area contributed by atoms with E-state index in [1.54, 1.807) is 23.9 Å². The molecule has 4 nitrogen and oxygen atoms in total. The van der Waals surface area contributed by atoms with Crippen LogP contribution in [0.25, 0.3) is 0 Å². The number of rotatable bonds is 7. The first-order valence-corrected chi connectivity index (χ1v) is 10.1. The van der Waals surface area contributed by atoms with Gasteiger partial charge in [0.1, 0.15) is 0 Å². The highest BCUT2D eigenvalue weighted by Gasteiger charge is 2.19. The van der Waals surface area contributed by atoms with Gasteiger partial charge in [-0.25, -0.2) is 0 Å². The molecule has 0 spiro atoms. The second-order valence-electron chi connectivity index (χ2n) is 5.60. The van der Waals surface area contributed by atoms with Crippen LogP contribution in [0, 0.1) is 0 Å². The summed E-state index contributed by atoms with van der Waals surface area (Å²) in [5.41, 5.74) is 0.628. The van der Waals surface area contributed by atoms with Crippen molar-refractivity contribution in [2.45, 2.75) is 18.4 Å². The van der Waals surface area contributed by atoms with E-state index in [1.165, 1.54) is 23.1 Å². The molecule has 2 aromatic rings. The summed E-state index contributed by atoms with van der Waals surface area (Å²) in [7, 11) is 3.45. The summed E-state index contributed by atoms with van der Waals surface area (Å²) in [5.74, 6) is 0.296. The maximum Gasteiger partial charge on any atom is 0.255 e. The van der Waals surface area contributed by atoms with E-state index in [2.05, 4.69) is 0 Å². The number of carbonyl (C=O) groups is 2. The SMILES string of the molecule is CCN(Cc1ccc(Cl)s1)C(=O)c1ccccc1SCC(=O)N(C)C. The Bertz CT molecular complexity index is 746. The van der Waals surface area contributed by atoms with Crippen LogP contribution in [0.15, 0.2) is 41.3 Å². The molecule has 0 radical (unpaired) electrons. The first kappa shape index (κ1) is 19.8. The molecule has 2 amide bonds. The number of thiophene rings is 1. The monoisotopic (exact) mass is 396 g/mol. The number of amides is 2. The van der Waals surface area contributed by atoms with Crippen molar-refractivity contribution in [1.29, 1.82) is 0 Å². The normalized spacial score (nSPS) is 10.6. The van der Waals surface area contributed by atoms with Gasteiger partial charge in [-0.05, 0) is 31.2 Å². The quantitative estimate of drug-likeness (QED) is 0.657. The molecule has 0 unspecified atom stereocenters. The van der Waals surface area contributed by atoms with Crippen LogP contribution in [-0.2, 0) is 11.3 Å². The minimum Gasteiger partial charge on any atom is -0.348 e. The number of halogens is 1. The lowest BCUT2D eigenvalue weighted by Gasteiger charge is -2.21. The predicted octanol–water partition coefficient (Wildman–Crippen LogP) is 4.24. The molecule has 0 aliphatic rings. The Kier molecular flexibility index (Phi) is 7.35. The van der Waals surface area contributed by atoms with Crippen molar-refractivity contribution in [3.05, 3.63) is 51.2 Å². The summed E-state index contributed by atoms with van der Waals surface area (Å²) < 4.78 is 0.719. The van der Waals surface area contributed by atoms with Gasteiger partial charge in [0, 0.05) is 30.4 Å². The lowest BCUT2D eigenvalue weighted by molar-refractivity contribution is -0.125. The fourth-order valence-electron chi connectivity index (χ4n) is 2.16. The molecular formula is C18H21ClN2O2S2. The molecule has 0 saturated carbocycles. The van der Waals surface area contributed by atoms with Crippen molar-refractivity contribution in [3.63, 3.8) is 0 Å². The molecule has 134 valence electrons. The topological polar surface area (TPSA) is 40.6 Å². The van der Waals surface area contributed by atoms with Gasteiger partial charge in [-0.15, -0.1) is 23.1 Å². The summed E-state index contributed by atoms with van der Waals surface area (Å²) in [5, 5.41) is 0. The highest BCUT2D eigenvalue weighted by molar-refractivity contribution is 8.00. The Morgan fingerprint density at radius 3 is 2.48 bits per heavy atom. The highest BCUT2D eigenvalue weighted by Crippen LogP contribution is 2.26. The van der Waals surface area contributed by atoms with Crippen molar-refractivity contribution in [1.82, 2.24) is 9.80 Å². The van der Waals surface area contributed by atoms with Crippen LogP contribution in [0.1, 0.15) is 22.2 Å². The average molecular weight is 397 g/mol. The molecule has 1 aromatic heterocycles. The lowest BCUT2D eigenvalue weighted by Crippen LogP contribution is -2.30. The van der Waals surface area contributed by atoms with Gasteiger partial charge in [-0.2, -0.15) is 0 Å². The smallest absolute Gasteiger partial charge is 0.255 e. The van der Waals surface area contributed by atoms with Crippen molar-refractivity contribution in [3.8, 4) is 0 Å². The van der Waals surface area contributed by atoms with Crippen LogP contribution in [-0.4, -0.2) is 48.0 Å². The van der Waals surface area contributed by atoms with Crippen molar-refractivity contribution in [2.75, 3.05) is 26.4 Å². The highest BCUT2D eigenvalue weighted by atomic mass is 35.5. The summed E-state index contributed by atoms with van der Waals surface area (Å²) in [6.45, 7) is 3.09. The van der Waals surface area contributed by atoms with Crippen LogP contribution < -0.4 is 0 Å². The molecule has 2 rings (SSSR count). The molecule has 0 bridgehead atoms. The zero-order valence-corrected chi connectivity index (χ0v) is 16.9. The van der Waals surface area contributed by atoms with Crippen LogP contribution >= 0.6 is 34.7 Å². The molecule has 0 saturated heterocycles. The largest absolute Gasteiger partial charge is 0.348 e. The van der Waals surface area contributed by atoms with Gasteiger partial charge in [0.25, 0.3) is 5.91 Å². The summed E-state index contributed by atoms with van der Waals surface area (Å²) in [4.78, 5) is 30.0. The Labute approximate surface area is 161 Å². The maximum atomic E-state index is 13.0. The van der Waals surface area contributed by atoms with Gasteiger partial charge in [0.15, 0.2) is 0 Å². The Balaban J connectivity index is 2.15. The Hall–Kier alpha value is -1.50. The number of nitrogens with zero attached hydrogens (tertiary/aromatic N) is 2. The number of carbonyl (C=O) groups excluding carboxylic acids is 2. The molecule has 1 aromatic carbocycles. The van der Waals surface area contributed by atoms with E-state index in [-0.39, 0.29) is 11.8 Å². The molecular weight excluding hydrogens is 376 g/mol. The van der Waals surface area contributed by atoms with E-state index >= 15 is 0 Å². The molecule has 0 fully saturated rings. The van der Waals surface area contributed by atoms with Crippen molar-refractivity contribution >= 4 is 46.5 Å². The van der Waals surface area contributed by atoms with Crippen LogP contribution in [0.4, 0.5) is 0 Å². The van der Waals surface area contributed by atoms with E-state index in [4.69, 9.17) is 11.6 Å². The van der Waals surface area contributed by atoms with E-state index in [0.717, 1.165) is 14.1 Å². The number of hydrogen-bond acceptors (Lipinski definition) is 4. The third-order valence-corrected chi connectivity index (χ3v) is 5.89. The maximum absolute atomic E-state index is 13.0. The van der Waals surface area contributed by atoms with E-state index in [0.29, 0.717) is 24.4 Å². The lowest BCUT2D eigenvalue weighted by atomic mass is 10.2. The molecule has 0 aliphatic heterocycles. The molecule has 1 heterocycles. The van der Waals surface area contributed by atoms with Crippen molar-refractivity contribution in [2.24, 2.45) is 0 Å². The van der Waals surface area contributed by atoms with Gasteiger partial charge in [0.2, 0.25) is 5.91 Å². The summed E-state index contributed by atoms with van der Waals surface area (Å²) in [6, 6.07) is 11.2. The third kappa shape index (κ3) is 5.49. The van der Waals surface area contributed by atoms with E-state index in [1.807, 2.05) is 43.3 Å². The van der Waals surface area contributed by atoms with Crippen molar-refractivity contribution < 1.29 is 9.59 Å². The minimum atomic E-state index is -0.0348. The number of benzene rings is 1. The Morgan fingerprint density at radius 1 is 1.16 bits per heavy atom. The van der Waals surface area contributed by atoms with Gasteiger partial charge in [0.05, 0.1) is 22.2 Å². The number of hydrogen-bond donors (Lipinski definition) is 0. The molecule has 0 N–H and O–H groups in total. The molecule has 0 aliphatic carbocycles. The average Bonchev–Trinajstić information content (AvgIpc) is 3.02. The second kappa shape index (κ2) is 9.27. The van der Waals surface area contributed by atoms with Gasteiger partial charge in [-0.1, -0.05) is 23.7 Å². The predicted molar refractivity (Wildman–Crippen MR) is 106 cm³/mol. The second-order valence-corrected chi connectivity index (χ2v) is 8.41. The van der Waals surface area contributed by atoms with Crippen LogP contribution in [0.3, 0.4) is 0 Å². The standard InChI is InChI=1S/C18H21ClN2O2S2/c1-4-21(11-13-9-10-16(19)25-13)18(23)14-7-5-6-8-15(14)24-12-17(22)20(2)3/h5-10H,4,11-12H2,1-3H3. The molecule has 0 atom stereocenters. The third-order valence-electron chi connectivity index (χ3n) is 3.61. The molecule has 7 heteroatoms. The minimum absolute atomic E-state index is 0.0211. The first-order chi connectivity index (χ1) is 11.9. The fraction of sp³-hybridized carbons (Fsp3) is 0.333. The van der Waals surface area contributed by atoms with E-state index in [9.17, 15) is 9.59 Å². The zero-order valence-electron chi connectivity index (χ0n) is 14.5. The van der Waals surface area contributed by atoms with Crippen LogP contribution in [0.5, 0.6) is 0 Å². The summed E-state index contributed by atoms with van der Waals surface area (Å²) in [6.07, 6.45) is 0. The molecule has 25 heavy (non-hydrogen) atoms. The van der Waals surface area contributed by atoms with Gasteiger partial charge in [-0.3, -0.25) is 9.59 Å². The summed E-state index contributed by atoms with van der Waals surface area (Å²) >= 11 is 8.86. The van der Waals surface area contributed by atoms with Gasteiger partial charge < -0.3 is 9.80 Å². The first-order valence-electron chi connectivity index (χ1n) is 7.87. The van der Waals surface area contributed by atoms with Crippen LogP contribution in [0.2, 0.25) is 4.34 Å². The zero-order chi connectivity index (χ0) is 18.4. The fourth-order valence-corrected chi connectivity index (χ4v) is 4.29. The van der Waals surface area contributed by atoms with Gasteiger partial charge >= 0.3 is 0 Å². The number of thioether (sulfide) groups is 1. The van der Waals surface area contributed by atoms with E-state index < -0.39 is 0 Å². The Morgan fingerprint density at radius 2 is 1.88 bits per heavy atom.